The summed E-state index contributed by atoms with van der Waals surface area (Å²) < 4.78 is 0. The fraction of sp³-hybridized carbons (Fsp3) is 0.600. The van der Waals surface area contributed by atoms with Crippen molar-refractivity contribution in [3.8, 4) is 0 Å². The van der Waals surface area contributed by atoms with Crippen molar-refractivity contribution in [1.82, 2.24) is 20.5 Å². The fourth-order valence-corrected chi connectivity index (χ4v) is 11.1. The van der Waals surface area contributed by atoms with Crippen molar-refractivity contribution in [2.24, 2.45) is 16.7 Å². The Balaban J connectivity index is 0.992. The van der Waals surface area contributed by atoms with Gasteiger partial charge in [-0.05, 0) is 79.4 Å². The molecule has 39 heavy (non-hydrogen) atoms. The molecule has 4 bridgehead atoms. The third-order valence-electron chi connectivity index (χ3n) is 9.76. The number of nitrogens with one attached hydrogen (secondary N) is 2. The Bertz CT molecular complexity index is 1350. The van der Waals surface area contributed by atoms with Crippen molar-refractivity contribution in [3.05, 3.63) is 45.4 Å². The van der Waals surface area contributed by atoms with Crippen LogP contribution >= 0.6 is 23.1 Å². The van der Waals surface area contributed by atoms with E-state index in [9.17, 15) is 14.4 Å². The van der Waals surface area contributed by atoms with E-state index in [0.717, 1.165) is 39.4 Å². The Kier molecular flexibility index (Phi) is 6.03. The molecule has 1 saturated heterocycles. The lowest BCUT2D eigenvalue weighted by Gasteiger charge is -2.65. The molecule has 3 heterocycles. The van der Waals surface area contributed by atoms with E-state index >= 15 is 0 Å². The third-order valence-corrected chi connectivity index (χ3v) is 12.0. The lowest BCUT2D eigenvalue weighted by Crippen LogP contribution is -2.63. The summed E-state index contributed by atoms with van der Waals surface area (Å²) in [6.07, 6.45) is 8.76. The fourth-order valence-electron chi connectivity index (χ4n) is 9.25. The first-order valence-electron chi connectivity index (χ1n) is 14.2. The quantitative estimate of drug-likeness (QED) is 0.362. The summed E-state index contributed by atoms with van der Waals surface area (Å²) in [6, 6.07) is 5.21. The predicted octanol–water partition coefficient (Wildman–Crippen LogP) is 5.04. The molecule has 7 nitrogen and oxygen atoms in total. The van der Waals surface area contributed by atoms with E-state index in [4.69, 9.17) is 4.98 Å². The molecule has 4 aliphatic carbocycles. The molecule has 2 aromatic rings. The Morgan fingerprint density at radius 1 is 1.13 bits per heavy atom. The van der Waals surface area contributed by atoms with E-state index in [1.54, 1.807) is 28.0 Å². The van der Waals surface area contributed by atoms with Crippen LogP contribution in [0.3, 0.4) is 0 Å². The monoisotopic (exact) mass is 564 g/mol. The molecular weight excluding hydrogens is 528 g/mol. The van der Waals surface area contributed by atoms with Gasteiger partial charge in [0.2, 0.25) is 11.8 Å². The molecule has 206 valence electrons. The van der Waals surface area contributed by atoms with Crippen molar-refractivity contribution in [2.45, 2.75) is 101 Å². The molecule has 2 N–H and O–H groups in total. The third kappa shape index (κ3) is 4.64. The second kappa shape index (κ2) is 9.14. The highest BCUT2D eigenvalue weighted by atomic mass is 32.2. The lowest BCUT2D eigenvalue weighted by molar-refractivity contribution is -0.136. The summed E-state index contributed by atoms with van der Waals surface area (Å²) in [5.74, 6) is 0.851. The van der Waals surface area contributed by atoms with Crippen LogP contribution in [0, 0.1) is 16.7 Å². The minimum absolute atomic E-state index is 0.128. The molecule has 8 rings (SSSR count). The number of nitrogens with zero attached hydrogens (tertiary/aromatic N) is 2. The Hall–Kier alpha value is -2.23. The number of thiazole rings is 1. The van der Waals surface area contributed by atoms with Crippen molar-refractivity contribution in [2.75, 3.05) is 0 Å². The summed E-state index contributed by atoms with van der Waals surface area (Å²) in [5, 5.41) is 9.66. The zero-order valence-electron chi connectivity index (χ0n) is 22.7. The zero-order chi connectivity index (χ0) is 27.0. The van der Waals surface area contributed by atoms with Crippen LogP contribution in [0.4, 0.5) is 0 Å². The number of piperidine rings is 1. The largest absolute Gasteiger partial charge is 0.322 e. The van der Waals surface area contributed by atoms with Gasteiger partial charge in [-0.15, -0.1) is 23.1 Å². The van der Waals surface area contributed by atoms with Gasteiger partial charge >= 0.3 is 0 Å². The molecular formula is C30H36N4O3S2. The van der Waals surface area contributed by atoms with Crippen LogP contribution in [0.2, 0.25) is 0 Å². The molecule has 5 fully saturated rings. The normalized spacial score (nSPS) is 35.0. The zero-order valence-corrected chi connectivity index (χ0v) is 24.3. The van der Waals surface area contributed by atoms with Crippen LogP contribution in [-0.2, 0) is 28.4 Å². The van der Waals surface area contributed by atoms with Crippen LogP contribution in [0.5, 0.6) is 0 Å². The standard InChI is InChI=1S/C30H36N4O3S2/c1-28-8-18-9-29(2,15-28)17-30(10-18,16-28)31-11-19-13-39-25(32-19)14-38-23-5-3-4-20-21(23)12-34(27(20)37)22-6-7-24(35)33-26(22)36/h3-5,13,18,22,31H,6-12,14-17H2,1-2H3,(H,33,35,36). The summed E-state index contributed by atoms with van der Waals surface area (Å²) in [5.41, 5.74) is 4.02. The minimum Gasteiger partial charge on any atom is -0.322 e. The minimum atomic E-state index is -0.589. The van der Waals surface area contributed by atoms with Gasteiger partial charge in [-0.2, -0.15) is 0 Å². The average Bonchev–Trinajstić information content (AvgIpc) is 3.44. The van der Waals surface area contributed by atoms with Crippen molar-refractivity contribution >= 4 is 40.8 Å². The highest BCUT2D eigenvalue weighted by molar-refractivity contribution is 7.98. The van der Waals surface area contributed by atoms with Crippen molar-refractivity contribution in [1.29, 1.82) is 0 Å². The molecule has 2 aliphatic heterocycles. The number of fused-ring (bicyclic) bond motifs is 1. The maximum Gasteiger partial charge on any atom is 0.255 e. The Labute approximate surface area is 237 Å². The lowest BCUT2D eigenvalue weighted by atomic mass is 9.43. The molecule has 4 saturated carbocycles. The van der Waals surface area contributed by atoms with Gasteiger partial charge in [0.15, 0.2) is 0 Å². The number of carbonyl (C=O) groups is 3. The first-order chi connectivity index (χ1) is 18.6. The van der Waals surface area contributed by atoms with Gasteiger partial charge in [-0.3, -0.25) is 19.7 Å². The molecule has 1 aromatic carbocycles. The number of benzene rings is 1. The van der Waals surface area contributed by atoms with Crippen LogP contribution in [-0.4, -0.2) is 39.2 Å². The Morgan fingerprint density at radius 3 is 2.67 bits per heavy atom. The SMILES string of the molecule is CC12CC3CC(C)(C1)CC(NCc1csc(CSc4cccc5c4CN(C4CCC(=O)NC4=O)C5=O)n1)(C3)C2. The van der Waals surface area contributed by atoms with E-state index < -0.39 is 6.04 Å². The maximum absolute atomic E-state index is 13.1. The number of thioether (sulfide) groups is 1. The van der Waals surface area contributed by atoms with Crippen molar-refractivity contribution in [3.63, 3.8) is 0 Å². The second-order valence-corrected chi connectivity index (χ2v) is 15.4. The molecule has 3 amide bonds. The average molecular weight is 565 g/mol. The van der Waals surface area contributed by atoms with Gasteiger partial charge in [-0.25, -0.2) is 4.98 Å². The molecule has 6 aliphatic rings. The number of rotatable bonds is 7. The van der Waals surface area contributed by atoms with E-state index in [-0.39, 0.29) is 29.7 Å². The summed E-state index contributed by atoms with van der Waals surface area (Å²) in [6.45, 7) is 6.26. The van der Waals surface area contributed by atoms with Crippen LogP contribution < -0.4 is 10.6 Å². The number of hydrogen-bond donors (Lipinski definition) is 2. The molecule has 3 atom stereocenters. The summed E-state index contributed by atoms with van der Waals surface area (Å²) >= 11 is 3.41. The first kappa shape index (κ1) is 25.7. The van der Waals surface area contributed by atoms with Gasteiger partial charge < -0.3 is 10.2 Å². The van der Waals surface area contributed by atoms with Gasteiger partial charge in [-0.1, -0.05) is 19.9 Å². The highest BCUT2D eigenvalue weighted by Gasteiger charge is 2.59. The van der Waals surface area contributed by atoms with E-state index in [0.29, 0.717) is 29.4 Å². The topological polar surface area (TPSA) is 91.4 Å². The van der Waals surface area contributed by atoms with Gasteiger partial charge in [0.05, 0.1) is 11.4 Å². The second-order valence-electron chi connectivity index (χ2n) is 13.5. The number of aromatic nitrogens is 1. The van der Waals surface area contributed by atoms with Gasteiger partial charge in [0.1, 0.15) is 11.0 Å². The molecule has 3 unspecified atom stereocenters. The van der Waals surface area contributed by atoms with E-state index in [1.165, 1.54) is 38.5 Å². The highest BCUT2D eigenvalue weighted by Crippen LogP contribution is 2.66. The van der Waals surface area contributed by atoms with E-state index in [2.05, 4.69) is 35.9 Å². The summed E-state index contributed by atoms with van der Waals surface area (Å²) in [7, 11) is 0. The molecule has 1 aromatic heterocycles. The molecule has 0 radical (unpaired) electrons. The molecule has 9 heteroatoms. The van der Waals surface area contributed by atoms with E-state index in [1.807, 2.05) is 12.1 Å². The Morgan fingerprint density at radius 2 is 1.92 bits per heavy atom. The number of carbonyl (C=O) groups excluding carboxylic acids is 3. The predicted molar refractivity (Wildman–Crippen MR) is 151 cm³/mol. The first-order valence-corrected chi connectivity index (χ1v) is 16.1. The maximum atomic E-state index is 13.1. The van der Waals surface area contributed by atoms with Crippen LogP contribution in [0.25, 0.3) is 0 Å². The van der Waals surface area contributed by atoms with Crippen LogP contribution in [0.1, 0.15) is 91.8 Å². The van der Waals surface area contributed by atoms with Crippen LogP contribution in [0.15, 0.2) is 28.5 Å². The number of imide groups is 1. The molecule has 0 spiro atoms. The van der Waals surface area contributed by atoms with Crippen molar-refractivity contribution < 1.29 is 14.4 Å². The number of amides is 3. The summed E-state index contributed by atoms with van der Waals surface area (Å²) in [4.78, 5) is 44.7. The number of hydrogen-bond acceptors (Lipinski definition) is 7. The van der Waals surface area contributed by atoms with Gasteiger partial charge in [0, 0.05) is 40.9 Å². The van der Waals surface area contributed by atoms with Gasteiger partial charge in [0.25, 0.3) is 5.91 Å². The smallest absolute Gasteiger partial charge is 0.255 e.